The van der Waals surface area contributed by atoms with Gasteiger partial charge in [0.2, 0.25) is 0 Å². The normalized spacial score (nSPS) is 11.2. The second kappa shape index (κ2) is 8.31. The largest absolute Gasteiger partial charge is 0.496 e. The zero-order valence-corrected chi connectivity index (χ0v) is 17.3. The summed E-state index contributed by atoms with van der Waals surface area (Å²) in [7, 11) is 2.85. The molecule has 0 unspecified atom stereocenters. The van der Waals surface area contributed by atoms with E-state index in [2.05, 4.69) is 4.74 Å². The van der Waals surface area contributed by atoms with Crippen LogP contribution in [0.2, 0.25) is 0 Å². The van der Waals surface area contributed by atoms with Gasteiger partial charge < -0.3 is 9.47 Å². The van der Waals surface area contributed by atoms with E-state index in [0.29, 0.717) is 34.5 Å². The van der Waals surface area contributed by atoms with Crippen molar-refractivity contribution >= 4 is 22.9 Å². The Labute approximate surface area is 169 Å². The molecule has 1 heterocycles. The third kappa shape index (κ3) is 3.78. The maximum atomic E-state index is 13.5. The number of fused-ring (bicyclic) bond motifs is 1. The zero-order chi connectivity index (χ0) is 21.1. The van der Waals surface area contributed by atoms with E-state index in [-0.39, 0.29) is 5.56 Å². The Bertz CT molecular complexity index is 1160. The summed E-state index contributed by atoms with van der Waals surface area (Å²) in [4.78, 5) is 29.8. The number of esters is 1. The molecule has 0 aliphatic heterocycles. The second-order valence-corrected chi connectivity index (χ2v) is 6.73. The lowest BCUT2D eigenvalue weighted by molar-refractivity contribution is -0.134. The maximum Gasteiger partial charge on any atom is 0.330 e. The predicted molar refractivity (Wildman–Crippen MR) is 114 cm³/mol. The molecule has 0 aliphatic carbocycles. The average Bonchev–Trinajstić information content (AvgIpc) is 2.72. The summed E-state index contributed by atoms with van der Waals surface area (Å²) in [6, 6.07) is 9.36. The molecule has 6 heteroatoms. The predicted octanol–water partition coefficient (Wildman–Crippen LogP) is 3.76. The van der Waals surface area contributed by atoms with Crippen LogP contribution >= 0.6 is 0 Å². The van der Waals surface area contributed by atoms with E-state index < -0.39 is 5.97 Å². The highest BCUT2D eigenvalue weighted by atomic mass is 16.5. The molecular formula is C23H24N2O4. The second-order valence-electron chi connectivity index (χ2n) is 6.73. The Morgan fingerprint density at radius 1 is 1.17 bits per heavy atom. The number of carbonyl (C=O) groups excluding carboxylic acids is 1. The summed E-state index contributed by atoms with van der Waals surface area (Å²) < 4.78 is 11.8. The van der Waals surface area contributed by atoms with Crippen LogP contribution in [0.3, 0.4) is 0 Å². The fourth-order valence-corrected chi connectivity index (χ4v) is 3.44. The van der Waals surface area contributed by atoms with Gasteiger partial charge in [0.15, 0.2) is 0 Å². The van der Waals surface area contributed by atoms with Crippen molar-refractivity contribution in [1.82, 2.24) is 9.55 Å². The van der Waals surface area contributed by atoms with E-state index >= 15 is 0 Å². The minimum atomic E-state index is -0.487. The average molecular weight is 392 g/mol. The van der Waals surface area contributed by atoms with Crippen LogP contribution in [0.1, 0.15) is 29.4 Å². The summed E-state index contributed by atoms with van der Waals surface area (Å²) >= 11 is 0. The first kappa shape index (κ1) is 20.3. The number of aryl methyl sites for hydroxylation is 3. The van der Waals surface area contributed by atoms with E-state index in [1.165, 1.54) is 20.3 Å². The minimum Gasteiger partial charge on any atom is -0.496 e. The number of ether oxygens (including phenoxy) is 2. The molecule has 0 aliphatic rings. The van der Waals surface area contributed by atoms with Crippen LogP contribution < -0.4 is 10.3 Å². The number of hydrogen-bond acceptors (Lipinski definition) is 5. The first-order chi connectivity index (χ1) is 13.9. The van der Waals surface area contributed by atoms with Crippen molar-refractivity contribution < 1.29 is 14.3 Å². The number of hydrogen-bond donors (Lipinski definition) is 0. The van der Waals surface area contributed by atoms with Crippen LogP contribution in [-0.2, 0) is 16.0 Å². The molecule has 0 spiro atoms. The van der Waals surface area contributed by atoms with E-state index in [4.69, 9.17) is 9.72 Å². The molecule has 0 bridgehead atoms. The van der Waals surface area contributed by atoms with Gasteiger partial charge in [-0.05, 0) is 37.1 Å². The van der Waals surface area contributed by atoms with Gasteiger partial charge in [-0.1, -0.05) is 25.1 Å². The summed E-state index contributed by atoms with van der Waals surface area (Å²) in [5.74, 6) is 0.718. The van der Waals surface area contributed by atoms with Crippen molar-refractivity contribution in [3.63, 3.8) is 0 Å². The zero-order valence-electron chi connectivity index (χ0n) is 17.3. The smallest absolute Gasteiger partial charge is 0.330 e. The maximum absolute atomic E-state index is 13.5. The molecule has 0 saturated heterocycles. The van der Waals surface area contributed by atoms with Crippen molar-refractivity contribution in [2.75, 3.05) is 14.2 Å². The fraction of sp³-hybridized carbons (Fsp3) is 0.261. The SMILES string of the molecule is CCc1nc2cc(OC)c(/C=C/C(=O)OC)cc2c(=O)n1-c1c(C)cccc1C. The Kier molecular flexibility index (Phi) is 5.82. The topological polar surface area (TPSA) is 70.4 Å². The van der Waals surface area contributed by atoms with Gasteiger partial charge in [0.1, 0.15) is 11.6 Å². The molecule has 29 heavy (non-hydrogen) atoms. The van der Waals surface area contributed by atoms with Crippen molar-refractivity contribution in [2.45, 2.75) is 27.2 Å². The van der Waals surface area contributed by atoms with Crippen LogP contribution in [0.4, 0.5) is 0 Å². The Balaban J connectivity index is 2.35. The van der Waals surface area contributed by atoms with E-state index in [1.807, 2.05) is 39.0 Å². The Morgan fingerprint density at radius 3 is 2.45 bits per heavy atom. The monoisotopic (exact) mass is 392 g/mol. The van der Waals surface area contributed by atoms with E-state index in [0.717, 1.165) is 16.8 Å². The summed E-state index contributed by atoms with van der Waals surface area (Å²) in [5, 5.41) is 0.454. The summed E-state index contributed by atoms with van der Waals surface area (Å²) in [6.45, 7) is 5.94. The quantitative estimate of drug-likeness (QED) is 0.488. The summed E-state index contributed by atoms with van der Waals surface area (Å²) in [5.41, 5.74) is 3.86. The van der Waals surface area contributed by atoms with Crippen molar-refractivity contribution in [2.24, 2.45) is 0 Å². The standard InChI is InChI=1S/C23H24N2O4/c1-6-20-24-18-13-19(28-4)16(10-11-21(26)29-5)12-17(18)23(27)25(20)22-14(2)8-7-9-15(22)3/h7-13H,6H2,1-5H3/b11-10+. The third-order valence-electron chi connectivity index (χ3n) is 4.87. The number of methoxy groups -OCH3 is 2. The number of aromatic nitrogens is 2. The van der Waals surface area contributed by atoms with Crippen molar-refractivity contribution in [3.8, 4) is 11.4 Å². The molecule has 150 valence electrons. The number of rotatable bonds is 5. The molecule has 2 aromatic carbocycles. The molecule has 0 amide bonds. The molecule has 0 fully saturated rings. The van der Waals surface area contributed by atoms with Crippen LogP contribution in [0.5, 0.6) is 5.75 Å². The van der Waals surface area contributed by atoms with Gasteiger partial charge in [-0.3, -0.25) is 9.36 Å². The number of carbonyl (C=O) groups is 1. The molecule has 0 saturated carbocycles. The van der Waals surface area contributed by atoms with Gasteiger partial charge in [0.05, 0.1) is 30.8 Å². The lowest BCUT2D eigenvalue weighted by atomic mass is 10.1. The number of benzene rings is 2. The Morgan fingerprint density at radius 2 is 1.86 bits per heavy atom. The molecule has 0 atom stereocenters. The number of para-hydroxylation sites is 1. The first-order valence-corrected chi connectivity index (χ1v) is 9.37. The van der Waals surface area contributed by atoms with Crippen LogP contribution in [0.15, 0.2) is 41.2 Å². The minimum absolute atomic E-state index is 0.153. The molecule has 0 radical (unpaired) electrons. The van der Waals surface area contributed by atoms with Gasteiger partial charge in [-0.15, -0.1) is 0 Å². The van der Waals surface area contributed by atoms with Gasteiger partial charge >= 0.3 is 5.97 Å². The molecule has 3 rings (SSSR count). The highest BCUT2D eigenvalue weighted by Crippen LogP contribution is 2.26. The molecule has 1 aromatic heterocycles. The van der Waals surface area contributed by atoms with Crippen LogP contribution in [0.25, 0.3) is 22.7 Å². The lowest BCUT2D eigenvalue weighted by Gasteiger charge is -2.17. The van der Waals surface area contributed by atoms with E-state index in [1.54, 1.807) is 22.8 Å². The van der Waals surface area contributed by atoms with Gasteiger partial charge in [0, 0.05) is 24.1 Å². The Hall–Kier alpha value is -3.41. The molecule has 0 N–H and O–H groups in total. The number of nitrogens with zero attached hydrogens (tertiary/aromatic N) is 2. The van der Waals surface area contributed by atoms with Gasteiger partial charge in [-0.2, -0.15) is 0 Å². The lowest BCUT2D eigenvalue weighted by Crippen LogP contribution is -2.25. The summed E-state index contributed by atoms with van der Waals surface area (Å²) in [6.07, 6.45) is 3.47. The van der Waals surface area contributed by atoms with Crippen LogP contribution in [-0.4, -0.2) is 29.7 Å². The molecule has 3 aromatic rings. The van der Waals surface area contributed by atoms with Gasteiger partial charge in [0.25, 0.3) is 5.56 Å². The fourth-order valence-electron chi connectivity index (χ4n) is 3.44. The molecular weight excluding hydrogens is 368 g/mol. The van der Waals surface area contributed by atoms with Gasteiger partial charge in [-0.25, -0.2) is 9.78 Å². The van der Waals surface area contributed by atoms with Crippen molar-refractivity contribution in [1.29, 1.82) is 0 Å². The van der Waals surface area contributed by atoms with Crippen LogP contribution in [0, 0.1) is 13.8 Å². The molecule has 6 nitrogen and oxygen atoms in total. The highest BCUT2D eigenvalue weighted by molar-refractivity contribution is 5.90. The first-order valence-electron chi connectivity index (χ1n) is 9.37. The van der Waals surface area contributed by atoms with Crippen molar-refractivity contribution in [3.05, 3.63) is 69.3 Å². The third-order valence-corrected chi connectivity index (χ3v) is 4.87. The van der Waals surface area contributed by atoms with E-state index in [9.17, 15) is 9.59 Å². The highest BCUT2D eigenvalue weighted by Gasteiger charge is 2.17.